The standard InChI is InChI=1S/C12H12ClN3O2/c13-10-4-2-1-3-9(10)11-15-6-5-12(14)16(11)18-8-7-17-12/h1-6H,7-8,14H2. The Kier molecular flexibility index (Phi) is 2.83. The number of halogens is 1. The summed E-state index contributed by atoms with van der Waals surface area (Å²) in [6.07, 6.45) is 3.25. The molecule has 94 valence electrons. The molecular formula is C12H12ClN3O2. The summed E-state index contributed by atoms with van der Waals surface area (Å²) in [4.78, 5) is 9.83. The molecule has 1 unspecified atom stereocenters. The fourth-order valence-corrected chi connectivity index (χ4v) is 2.14. The first-order valence-corrected chi connectivity index (χ1v) is 5.95. The molecule has 6 heteroatoms. The van der Waals surface area contributed by atoms with Crippen molar-refractivity contribution in [2.75, 3.05) is 13.2 Å². The summed E-state index contributed by atoms with van der Waals surface area (Å²) < 4.78 is 5.53. The van der Waals surface area contributed by atoms with Crippen LogP contribution in [0.1, 0.15) is 5.56 Å². The van der Waals surface area contributed by atoms with Gasteiger partial charge in [0, 0.05) is 17.8 Å². The molecular weight excluding hydrogens is 254 g/mol. The van der Waals surface area contributed by atoms with Gasteiger partial charge in [-0.2, -0.15) is 5.06 Å². The number of amidine groups is 1. The highest BCUT2D eigenvalue weighted by molar-refractivity contribution is 6.34. The van der Waals surface area contributed by atoms with E-state index in [0.717, 1.165) is 5.56 Å². The zero-order valence-electron chi connectivity index (χ0n) is 9.54. The van der Waals surface area contributed by atoms with Gasteiger partial charge in [0.05, 0.1) is 18.2 Å². The Bertz CT molecular complexity index is 532. The lowest BCUT2D eigenvalue weighted by Crippen LogP contribution is -2.63. The van der Waals surface area contributed by atoms with Gasteiger partial charge in [0.25, 0.3) is 0 Å². The summed E-state index contributed by atoms with van der Waals surface area (Å²) in [6, 6.07) is 7.39. The zero-order valence-corrected chi connectivity index (χ0v) is 10.3. The van der Waals surface area contributed by atoms with E-state index in [4.69, 9.17) is 26.9 Å². The van der Waals surface area contributed by atoms with Crippen LogP contribution in [-0.4, -0.2) is 30.0 Å². The smallest absolute Gasteiger partial charge is 0.242 e. The number of hydrogen-bond acceptors (Lipinski definition) is 5. The molecule has 1 aromatic rings. The summed E-state index contributed by atoms with van der Waals surface area (Å²) in [5.74, 6) is -0.570. The highest BCUT2D eigenvalue weighted by atomic mass is 35.5. The quantitative estimate of drug-likeness (QED) is 0.836. The van der Waals surface area contributed by atoms with Gasteiger partial charge in [-0.25, -0.2) is 4.99 Å². The number of rotatable bonds is 1. The third-order valence-corrected chi connectivity index (χ3v) is 3.10. The van der Waals surface area contributed by atoms with Crippen LogP contribution < -0.4 is 5.73 Å². The molecule has 0 radical (unpaired) electrons. The lowest BCUT2D eigenvalue weighted by atomic mass is 10.1. The Morgan fingerprint density at radius 1 is 1.33 bits per heavy atom. The molecule has 0 spiro atoms. The lowest BCUT2D eigenvalue weighted by Gasteiger charge is -2.43. The van der Waals surface area contributed by atoms with Crippen molar-refractivity contribution in [2.45, 2.75) is 5.85 Å². The minimum absolute atomic E-state index is 0.427. The van der Waals surface area contributed by atoms with Gasteiger partial charge in [-0.1, -0.05) is 23.7 Å². The predicted molar refractivity (Wildman–Crippen MR) is 67.8 cm³/mol. The van der Waals surface area contributed by atoms with Crippen molar-refractivity contribution in [1.82, 2.24) is 5.06 Å². The van der Waals surface area contributed by atoms with Gasteiger partial charge in [0.15, 0.2) is 5.84 Å². The Labute approximate surface area is 109 Å². The van der Waals surface area contributed by atoms with Crippen LogP contribution in [0.2, 0.25) is 5.02 Å². The average molecular weight is 266 g/mol. The van der Waals surface area contributed by atoms with Gasteiger partial charge in [-0.3, -0.25) is 10.6 Å². The maximum absolute atomic E-state index is 6.17. The zero-order chi connectivity index (χ0) is 12.6. The minimum atomic E-state index is -1.12. The van der Waals surface area contributed by atoms with Gasteiger partial charge in [-0.05, 0) is 12.1 Å². The molecule has 1 aromatic carbocycles. The van der Waals surface area contributed by atoms with Gasteiger partial charge >= 0.3 is 0 Å². The van der Waals surface area contributed by atoms with Crippen LogP contribution in [0.3, 0.4) is 0 Å². The van der Waals surface area contributed by atoms with Gasteiger partial charge in [0.2, 0.25) is 5.85 Å². The maximum Gasteiger partial charge on any atom is 0.242 e. The Morgan fingerprint density at radius 3 is 3.00 bits per heavy atom. The maximum atomic E-state index is 6.17. The third-order valence-electron chi connectivity index (χ3n) is 2.77. The van der Waals surface area contributed by atoms with E-state index in [2.05, 4.69) is 4.99 Å². The Morgan fingerprint density at radius 2 is 2.17 bits per heavy atom. The van der Waals surface area contributed by atoms with Crippen LogP contribution in [0.5, 0.6) is 0 Å². The first-order valence-electron chi connectivity index (χ1n) is 5.57. The summed E-state index contributed by atoms with van der Waals surface area (Å²) in [6.45, 7) is 0.864. The van der Waals surface area contributed by atoms with Gasteiger partial charge in [0.1, 0.15) is 0 Å². The fraction of sp³-hybridized carbons (Fsp3) is 0.250. The molecule has 2 heterocycles. The van der Waals surface area contributed by atoms with Crippen LogP contribution in [0, 0.1) is 0 Å². The summed E-state index contributed by atoms with van der Waals surface area (Å²) in [5.41, 5.74) is 6.86. The molecule has 0 aromatic heterocycles. The number of nitrogens with two attached hydrogens (primary N) is 1. The van der Waals surface area contributed by atoms with Crippen molar-refractivity contribution in [1.29, 1.82) is 0 Å². The van der Waals surface area contributed by atoms with E-state index in [0.29, 0.717) is 24.1 Å². The van der Waals surface area contributed by atoms with Gasteiger partial charge < -0.3 is 4.74 Å². The van der Waals surface area contributed by atoms with Crippen molar-refractivity contribution in [2.24, 2.45) is 10.7 Å². The highest BCUT2D eigenvalue weighted by Gasteiger charge is 2.40. The molecule has 1 saturated heterocycles. The van der Waals surface area contributed by atoms with Crippen LogP contribution >= 0.6 is 11.6 Å². The monoisotopic (exact) mass is 265 g/mol. The molecule has 0 saturated carbocycles. The fourth-order valence-electron chi connectivity index (χ4n) is 1.92. The molecule has 1 atom stereocenters. The molecule has 2 N–H and O–H groups in total. The summed E-state index contributed by atoms with van der Waals surface area (Å²) in [5, 5.41) is 2.04. The van der Waals surface area contributed by atoms with E-state index in [-0.39, 0.29) is 0 Å². The first kappa shape index (κ1) is 11.7. The van der Waals surface area contributed by atoms with E-state index in [1.165, 1.54) is 5.06 Å². The number of nitrogens with zero attached hydrogens (tertiary/aromatic N) is 2. The molecule has 0 bridgehead atoms. The summed E-state index contributed by atoms with van der Waals surface area (Å²) in [7, 11) is 0. The molecule has 3 rings (SSSR count). The molecule has 5 nitrogen and oxygen atoms in total. The second kappa shape index (κ2) is 4.37. The van der Waals surface area contributed by atoms with E-state index in [1.807, 2.05) is 18.2 Å². The third kappa shape index (κ3) is 1.81. The predicted octanol–water partition coefficient (Wildman–Crippen LogP) is 1.49. The number of ether oxygens (including phenoxy) is 1. The molecule has 2 aliphatic heterocycles. The molecule has 18 heavy (non-hydrogen) atoms. The normalized spacial score (nSPS) is 26.8. The van der Waals surface area contributed by atoms with E-state index in [1.54, 1.807) is 18.3 Å². The minimum Gasteiger partial charge on any atom is -0.335 e. The highest BCUT2D eigenvalue weighted by Crippen LogP contribution is 2.27. The summed E-state index contributed by atoms with van der Waals surface area (Å²) >= 11 is 6.17. The SMILES string of the molecule is NC12C=CN=C(c3ccccc3Cl)N1OCCO2. The van der Waals surface area contributed by atoms with Crippen molar-refractivity contribution in [3.8, 4) is 0 Å². The van der Waals surface area contributed by atoms with E-state index < -0.39 is 5.85 Å². The first-order chi connectivity index (χ1) is 8.71. The molecule has 1 fully saturated rings. The number of hydrogen-bond donors (Lipinski definition) is 1. The number of benzene rings is 1. The molecule has 2 aliphatic rings. The van der Waals surface area contributed by atoms with Crippen LogP contribution in [0.4, 0.5) is 0 Å². The largest absolute Gasteiger partial charge is 0.335 e. The van der Waals surface area contributed by atoms with Crippen LogP contribution in [0.25, 0.3) is 0 Å². The second-order valence-electron chi connectivity index (χ2n) is 3.98. The van der Waals surface area contributed by atoms with E-state index in [9.17, 15) is 0 Å². The van der Waals surface area contributed by atoms with Crippen LogP contribution in [0.15, 0.2) is 41.5 Å². The van der Waals surface area contributed by atoms with Crippen molar-refractivity contribution < 1.29 is 9.57 Å². The topological polar surface area (TPSA) is 60.1 Å². The number of aliphatic imine (C=N–C) groups is 1. The van der Waals surface area contributed by atoms with Crippen LogP contribution in [-0.2, 0) is 9.57 Å². The Balaban J connectivity index is 2.04. The lowest BCUT2D eigenvalue weighted by molar-refractivity contribution is -0.294. The number of fused-ring (bicyclic) bond motifs is 1. The average Bonchev–Trinajstić information content (AvgIpc) is 2.38. The van der Waals surface area contributed by atoms with Crippen molar-refractivity contribution >= 4 is 17.4 Å². The van der Waals surface area contributed by atoms with Crippen molar-refractivity contribution in [3.05, 3.63) is 47.1 Å². The van der Waals surface area contributed by atoms with Crippen molar-refractivity contribution in [3.63, 3.8) is 0 Å². The van der Waals surface area contributed by atoms with Gasteiger partial charge in [-0.15, -0.1) is 0 Å². The second-order valence-corrected chi connectivity index (χ2v) is 4.38. The molecule has 0 aliphatic carbocycles. The number of hydroxylamine groups is 2. The Hall–Kier alpha value is -1.40. The van der Waals surface area contributed by atoms with E-state index >= 15 is 0 Å². The molecule has 0 amide bonds.